The first-order valence-electron chi connectivity index (χ1n) is 7.47. The second-order valence-electron chi connectivity index (χ2n) is 5.28. The molecule has 25 heavy (non-hydrogen) atoms. The van der Waals surface area contributed by atoms with Crippen molar-refractivity contribution < 1.29 is 18.8 Å². The van der Waals surface area contributed by atoms with Crippen molar-refractivity contribution in [1.82, 2.24) is 10.1 Å². The predicted octanol–water partition coefficient (Wildman–Crippen LogP) is 3.97. The number of ether oxygens (including phenoxy) is 2. The van der Waals surface area contributed by atoms with Crippen LogP contribution in [-0.4, -0.2) is 29.6 Å². The standard InChI is InChI=1S/C18H15ClN2O4/c1-11-7-8-16(23-2)13(9-11)15(22)10-24-18-20-17(21-25-18)12-5-3-4-6-14(12)19/h3-9H,10H2,1-2H3. The highest BCUT2D eigenvalue weighted by molar-refractivity contribution is 6.33. The number of rotatable bonds is 6. The third-order valence-electron chi connectivity index (χ3n) is 3.50. The fourth-order valence-electron chi connectivity index (χ4n) is 2.26. The van der Waals surface area contributed by atoms with Crippen molar-refractivity contribution in [2.45, 2.75) is 6.92 Å². The molecule has 0 aliphatic heterocycles. The summed E-state index contributed by atoms with van der Waals surface area (Å²) in [5.41, 5.74) is 2.01. The molecule has 0 saturated heterocycles. The Labute approximate surface area is 149 Å². The molecule has 0 atom stereocenters. The number of benzene rings is 2. The molecule has 0 N–H and O–H groups in total. The highest BCUT2D eigenvalue weighted by Crippen LogP contribution is 2.26. The van der Waals surface area contributed by atoms with Crippen molar-refractivity contribution >= 4 is 17.4 Å². The van der Waals surface area contributed by atoms with Gasteiger partial charge in [0.05, 0.1) is 17.7 Å². The summed E-state index contributed by atoms with van der Waals surface area (Å²) in [6.45, 7) is 1.65. The Bertz CT molecular complexity index is 908. The third-order valence-corrected chi connectivity index (χ3v) is 3.83. The second-order valence-corrected chi connectivity index (χ2v) is 5.69. The third kappa shape index (κ3) is 3.80. The number of carbonyl (C=O) groups excluding carboxylic acids is 1. The molecule has 3 rings (SSSR count). The lowest BCUT2D eigenvalue weighted by atomic mass is 10.1. The van der Waals surface area contributed by atoms with E-state index in [2.05, 4.69) is 10.1 Å². The summed E-state index contributed by atoms with van der Waals surface area (Å²) in [5, 5.41) is 4.31. The largest absolute Gasteiger partial charge is 0.496 e. The number of nitrogens with zero attached hydrogens (tertiary/aromatic N) is 2. The minimum absolute atomic E-state index is 0.102. The van der Waals surface area contributed by atoms with E-state index in [-0.39, 0.29) is 18.5 Å². The minimum Gasteiger partial charge on any atom is -0.496 e. The van der Waals surface area contributed by atoms with Crippen molar-refractivity contribution in [2.24, 2.45) is 0 Å². The van der Waals surface area contributed by atoms with Crippen LogP contribution in [0.1, 0.15) is 15.9 Å². The monoisotopic (exact) mass is 358 g/mol. The maximum atomic E-state index is 12.4. The number of hydrogen-bond acceptors (Lipinski definition) is 6. The number of hydrogen-bond donors (Lipinski definition) is 0. The molecule has 0 bridgehead atoms. The van der Waals surface area contributed by atoms with Gasteiger partial charge in [0.1, 0.15) is 5.75 Å². The van der Waals surface area contributed by atoms with E-state index in [1.54, 1.807) is 30.3 Å². The smallest absolute Gasteiger partial charge is 0.418 e. The van der Waals surface area contributed by atoms with E-state index in [1.165, 1.54) is 7.11 Å². The Hall–Kier alpha value is -2.86. The van der Waals surface area contributed by atoms with Crippen LogP contribution in [-0.2, 0) is 0 Å². The van der Waals surface area contributed by atoms with Gasteiger partial charge in [0.25, 0.3) is 0 Å². The number of methoxy groups -OCH3 is 1. The fourth-order valence-corrected chi connectivity index (χ4v) is 2.49. The summed E-state index contributed by atoms with van der Waals surface area (Å²) in [5.74, 6) is 0.528. The molecule has 1 aromatic heterocycles. The topological polar surface area (TPSA) is 74.5 Å². The number of ketones is 1. The van der Waals surface area contributed by atoms with Gasteiger partial charge in [-0.25, -0.2) is 0 Å². The first-order chi connectivity index (χ1) is 12.1. The van der Waals surface area contributed by atoms with Gasteiger partial charge in [-0.3, -0.25) is 9.32 Å². The zero-order valence-corrected chi connectivity index (χ0v) is 14.4. The number of Topliss-reactive ketones (excluding diaryl/α,β-unsaturated/α-hetero) is 1. The summed E-state index contributed by atoms with van der Waals surface area (Å²) in [7, 11) is 1.51. The lowest BCUT2D eigenvalue weighted by Crippen LogP contribution is -2.13. The molecule has 0 spiro atoms. The summed E-state index contributed by atoms with van der Waals surface area (Å²) >= 11 is 6.09. The molecule has 128 valence electrons. The van der Waals surface area contributed by atoms with Gasteiger partial charge in [-0.1, -0.05) is 40.5 Å². The molecule has 2 aromatic carbocycles. The Morgan fingerprint density at radius 2 is 2.04 bits per heavy atom. The van der Waals surface area contributed by atoms with Crippen LogP contribution in [0.5, 0.6) is 11.8 Å². The van der Waals surface area contributed by atoms with Crippen LogP contribution in [0.2, 0.25) is 5.02 Å². The van der Waals surface area contributed by atoms with Gasteiger partial charge in [0, 0.05) is 5.56 Å². The Kier molecular flexibility index (Phi) is 5.00. The van der Waals surface area contributed by atoms with Crippen LogP contribution in [0, 0.1) is 6.92 Å². The van der Waals surface area contributed by atoms with Gasteiger partial charge in [-0.2, -0.15) is 4.98 Å². The van der Waals surface area contributed by atoms with Crippen LogP contribution < -0.4 is 9.47 Å². The molecule has 0 fully saturated rings. The quantitative estimate of drug-likeness (QED) is 0.621. The zero-order chi connectivity index (χ0) is 17.8. The molecular formula is C18H15ClN2O4. The zero-order valence-electron chi connectivity index (χ0n) is 13.7. The van der Waals surface area contributed by atoms with Gasteiger partial charge in [0.2, 0.25) is 11.6 Å². The van der Waals surface area contributed by atoms with Gasteiger partial charge in [0.15, 0.2) is 6.61 Å². The molecular weight excluding hydrogens is 344 g/mol. The van der Waals surface area contributed by atoms with Crippen molar-refractivity contribution in [1.29, 1.82) is 0 Å². The number of halogens is 1. The van der Waals surface area contributed by atoms with E-state index < -0.39 is 0 Å². The SMILES string of the molecule is COc1ccc(C)cc1C(=O)COc1nc(-c2ccccc2Cl)no1. The molecule has 0 radical (unpaired) electrons. The highest BCUT2D eigenvalue weighted by Gasteiger charge is 2.16. The van der Waals surface area contributed by atoms with Gasteiger partial charge >= 0.3 is 6.08 Å². The maximum Gasteiger partial charge on any atom is 0.418 e. The number of aromatic nitrogens is 2. The average Bonchev–Trinajstić information content (AvgIpc) is 3.08. The molecule has 3 aromatic rings. The van der Waals surface area contributed by atoms with Crippen LogP contribution in [0.15, 0.2) is 47.0 Å². The lowest BCUT2D eigenvalue weighted by molar-refractivity contribution is 0.0881. The van der Waals surface area contributed by atoms with E-state index in [1.807, 2.05) is 19.1 Å². The van der Waals surface area contributed by atoms with Crippen LogP contribution in [0.25, 0.3) is 11.4 Å². The van der Waals surface area contributed by atoms with Crippen molar-refractivity contribution in [3.63, 3.8) is 0 Å². The second kappa shape index (κ2) is 7.36. The van der Waals surface area contributed by atoms with Crippen molar-refractivity contribution in [3.8, 4) is 23.2 Å². The van der Waals surface area contributed by atoms with Gasteiger partial charge < -0.3 is 9.47 Å². The number of carbonyl (C=O) groups is 1. The van der Waals surface area contributed by atoms with E-state index in [0.717, 1.165) is 5.56 Å². The molecule has 0 saturated carbocycles. The minimum atomic E-state index is -0.252. The molecule has 7 heteroatoms. The molecule has 0 unspecified atom stereocenters. The number of aryl methyl sites for hydroxylation is 1. The normalized spacial score (nSPS) is 10.5. The first kappa shape index (κ1) is 17.0. The van der Waals surface area contributed by atoms with E-state index in [9.17, 15) is 4.79 Å². The summed E-state index contributed by atoms with van der Waals surface area (Å²) in [6.07, 6.45) is -0.102. The Balaban J connectivity index is 1.72. The van der Waals surface area contributed by atoms with Gasteiger partial charge in [-0.05, 0) is 31.2 Å². The Morgan fingerprint density at radius 3 is 2.80 bits per heavy atom. The molecule has 0 aliphatic carbocycles. The molecule has 0 amide bonds. The summed E-state index contributed by atoms with van der Waals surface area (Å²) < 4.78 is 15.5. The predicted molar refractivity (Wildman–Crippen MR) is 92.3 cm³/mol. The van der Waals surface area contributed by atoms with Crippen molar-refractivity contribution in [3.05, 3.63) is 58.6 Å². The van der Waals surface area contributed by atoms with Crippen molar-refractivity contribution in [2.75, 3.05) is 13.7 Å². The first-order valence-corrected chi connectivity index (χ1v) is 7.85. The summed E-state index contributed by atoms with van der Waals surface area (Å²) in [4.78, 5) is 16.5. The van der Waals surface area contributed by atoms with E-state index in [4.69, 9.17) is 25.6 Å². The van der Waals surface area contributed by atoms with E-state index in [0.29, 0.717) is 27.7 Å². The van der Waals surface area contributed by atoms with Crippen LogP contribution >= 0.6 is 11.6 Å². The van der Waals surface area contributed by atoms with Crippen LogP contribution in [0.4, 0.5) is 0 Å². The lowest BCUT2D eigenvalue weighted by Gasteiger charge is -2.08. The maximum absolute atomic E-state index is 12.4. The molecule has 6 nitrogen and oxygen atoms in total. The highest BCUT2D eigenvalue weighted by atomic mass is 35.5. The average molecular weight is 359 g/mol. The fraction of sp³-hybridized carbons (Fsp3) is 0.167. The summed E-state index contributed by atoms with van der Waals surface area (Å²) in [6, 6.07) is 12.5. The van der Waals surface area contributed by atoms with Gasteiger partial charge in [-0.15, -0.1) is 0 Å². The van der Waals surface area contributed by atoms with E-state index >= 15 is 0 Å². The molecule has 1 heterocycles. The molecule has 0 aliphatic rings. The Morgan fingerprint density at radius 1 is 1.24 bits per heavy atom. The van der Waals surface area contributed by atoms with Crippen LogP contribution in [0.3, 0.4) is 0 Å².